The first kappa shape index (κ1) is 16.4. The molecule has 24 heavy (non-hydrogen) atoms. The van der Waals surface area contributed by atoms with Crippen LogP contribution in [0.5, 0.6) is 0 Å². The second-order valence-electron chi connectivity index (χ2n) is 5.86. The lowest BCUT2D eigenvalue weighted by molar-refractivity contribution is 0.0942. The van der Waals surface area contributed by atoms with Gasteiger partial charge >= 0.3 is 0 Å². The van der Waals surface area contributed by atoms with Crippen molar-refractivity contribution in [2.24, 2.45) is 0 Å². The first-order valence-corrected chi connectivity index (χ1v) is 8.44. The third kappa shape index (κ3) is 3.73. The van der Waals surface area contributed by atoms with E-state index in [0.29, 0.717) is 28.2 Å². The van der Waals surface area contributed by atoms with Crippen LogP contribution in [0.15, 0.2) is 34.9 Å². The molecule has 1 amide bonds. The van der Waals surface area contributed by atoms with Crippen molar-refractivity contribution < 1.29 is 9.32 Å². The Morgan fingerprint density at radius 2 is 1.92 bits per heavy atom. The summed E-state index contributed by atoms with van der Waals surface area (Å²) in [5, 5.41) is 7.63. The number of aromatic nitrogens is 1. The number of aryl methyl sites for hydroxylation is 1. The molecule has 1 aliphatic carbocycles. The topological polar surface area (TPSA) is 79.2 Å². The average molecular weight is 344 g/mol. The molecular formula is C17H20N4O2S. The van der Waals surface area contributed by atoms with Crippen LogP contribution in [-0.2, 0) is 0 Å². The molecule has 0 unspecified atom stereocenters. The lowest BCUT2D eigenvalue weighted by atomic mass is 10.1. The zero-order chi connectivity index (χ0) is 16.9. The molecule has 3 N–H and O–H groups in total. The molecule has 0 bridgehead atoms. The smallest absolute Gasteiger partial charge is 0.275 e. The van der Waals surface area contributed by atoms with E-state index >= 15 is 0 Å². The van der Waals surface area contributed by atoms with Crippen molar-refractivity contribution >= 4 is 23.2 Å². The van der Waals surface area contributed by atoms with Crippen molar-refractivity contribution in [3.63, 3.8) is 0 Å². The van der Waals surface area contributed by atoms with Crippen LogP contribution in [0.2, 0.25) is 0 Å². The van der Waals surface area contributed by atoms with Gasteiger partial charge in [0.15, 0.2) is 5.11 Å². The lowest BCUT2D eigenvalue weighted by Crippen LogP contribution is -2.49. The minimum atomic E-state index is -0.330. The van der Waals surface area contributed by atoms with E-state index in [1.165, 1.54) is 12.8 Å². The highest BCUT2D eigenvalue weighted by atomic mass is 32.1. The molecule has 0 spiro atoms. The van der Waals surface area contributed by atoms with Crippen molar-refractivity contribution in [2.45, 2.75) is 38.6 Å². The third-order valence-corrected chi connectivity index (χ3v) is 4.34. The summed E-state index contributed by atoms with van der Waals surface area (Å²) in [6.07, 6.45) is 4.65. The fourth-order valence-corrected chi connectivity index (χ4v) is 3.12. The number of nitrogens with one attached hydrogen (secondary N) is 3. The summed E-state index contributed by atoms with van der Waals surface area (Å²) < 4.78 is 5.20. The number of benzene rings is 1. The van der Waals surface area contributed by atoms with Crippen LogP contribution >= 0.6 is 12.2 Å². The summed E-state index contributed by atoms with van der Waals surface area (Å²) in [7, 11) is 0. The molecule has 2 aromatic rings. The van der Waals surface area contributed by atoms with Gasteiger partial charge in [-0.2, -0.15) is 0 Å². The van der Waals surface area contributed by atoms with E-state index in [1.807, 2.05) is 30.3 Å². The molecule has 1 fully saturated rings. The molecular weight excluding hydrogens is 324 g/mol. The normalized spacial score (nSPS) is 14.4. The van der Waals surface area contributed by atoms with Crippen LogP contribution in [0.1, 0.15) is 41.8 Å². The fraction of sp³-hybridized carbons (Fsp3) is 0.353. The van der Waals surface area contributed by atoms with E-state index < -0.39 is 0 Å². The van der Waals surface area contributed by atoms with Crippen LogP contribution in [0.3, 0.4) is 0 Å². The number of rotatable bonds is 3. The van der Waals surface area contributed by atoms with Crippen LogP contribution in [0, 0.1) is 6.92 Å². The van der Waals surface area contributed by atoms with E-state index in [0.717, 1.165) is 18.4 Å². The van der Waals surface area contributed by atoms with E-state index in [9.17, 15) is 4.79 Å². The number of hydrazine groups is 1. The predicted octanol–water partition coefficient (Wildman–Crippen LogP) is 2.70. The number of hydrogen-bond donors (Lipinski definition) is 3. The molecule has 126 valence electrons. The minimum absolute atomic E-state index is 0.330. The third-order valence-electron chi connectivity index (χ3n) is 4.12. The molecule has 0 aliphatic heterocycles. The van der Waals surface area contributed by atoms with Crippen molar-refractivity contribution in [3.05, 3.63) is 41.7 Å². The molecule has 1 heterocycles. The van der Waals surface area contributed by atoms with E-state index in [4.69, 9.17) is 16.7 Å². The van der Waals surface area contributed by atoms with Gasteiger partial charge in [0.05, 0.1) is 0 Å². The van der Waals surface area contributed by atoms with Gasteiger partial charge in [-0.05, 0) is 32.0 Å². The Morgan fingerprint density at radius 1 is 1.21 bits per heavy atom. The van der Waals surface area contributed by atoms with Gasteiger partial charge in [-0.25, -0.2) is 0 Å². The molecule has 3 rings (SSSR count). The second kappa shape index (κ2) is 7.44. The van der Waals surface area contributed by atoms with Gasteiger partial charge in [0, 0.05) is 11.6 Å². The van der Waals surface area contributed by atoms with Crippen molar-refractivity contribution in [3.8, 4) is 11.3 Å². The molecule has 0 saturated heterocycles. The van der Waals surface area contributed by atoms with E-state index in [2.05, 4.69) is 21.3 Å². The van der Waals surface area contributed by atoms with Crippen molar-refractivity contribution in [1.82, 2.24) is 21.3 Å². The van der Waals surface area contributed by atoms with Crippen LogP contribution in [-0.4, -0.2) is 22.2 Å². The highest BCUT2D eigenvalue weighted by molar-refractivity contribution is 7.80. The largest absolute Gasteiger partial charge is 0.360 e. The van der Waals surface area contributed by atoms with Gasteiger partial charge < -0.3 is 9.84 Å². The number of nitrogens with zero attached hydrogens (tertiary/aromatic N) is 1. The van der Waals surface area contributed by atoms with E-state index in [1.54, 1.807) is 6.92 Å². The van der Waals surface area contributed by atoms with Crippen LogP contribution in [0.4, 0.5) is 0 Å². The van der Waals surface area contributed by atoms with Gasteiger partial charge in [0.1, 0.15) is 17.0 Å². The SMILES string of the molecule is Cc1onc(-c2ccccc2)c1C(=O)NNC(=S)NC1CCCC1. The fourth-order valence-electron chi connectivity index (χ4n) is 2.90. The maximum Gasteiger partial charge on any atom is 0.275 e. The number of hydrogen-bond acceptors (Lipinski definition) is 4. The number of carbonyl (C=O) groups is 1. The van der Waals surface area contributed by atoms with Gasteiger partial charge in [-0.1, -0.05) is 48.3 Å². The Labute approximate surface area is 146 Å². The van der Waals surface area contributed by atoms with Gasteiger partial charge in [0.25, 0.3) is 5.91 Å². The molecule has 7 heteroatoms. The quantitative estimate of drug-likeness (QED) is 0.587. The Balaban J connectivity index is 1.65. The lowest BCUT2D eigenvalue weighted by Gasteiger charge is -2.16. The number of carbonyl (C=O) groups excluding carboxylic acids is 1. The van der Waals surface area contributed by atoms with Crippen molar-refractivity contribution in [1.29, 1.82) is 0 Å². The Bertz CT molecular complexity index is 723. The van der Waals surface area contributed by atoms with Gasteiger partial charge in [0.2, 0.25) is 0 Å². The standard InChI is InChI=1S/C17H20N4O2S/c1-11-14(15(21-23-11)12-7-3-2-4-8-12)16(22)19-20-17(24)18-13-9-5-6-10-13/h2-4,7-8,13H,5-6,9-10H2,1H3,(H,19,22)(H2,18,20,24). The first-order valence-electron chi connectivity index (χ1n) is 8.03. The molecule has 1 aromatic carbocycles. The first-order chi connectivity index (χ1) is 11.6. The predicted molar refractivity (Wildman–Crippen MR) is 95.3 cm³/mol. The maximum atomic E-state index is 12.5. The zero-order valence-electron chi connectivity index (χ0n) is 13.5. The Hall–Kier alpha value is -2.41. The molecule has 1 saturated carbocycles. The Kier molecular flexibility index (Phi) is 5.10. The summed E-state index contributed by atoms with van der Waals surface area (Å²) in [6.45, 7) is 1.71. The summed E-state index contributed by atoms with van der Waals surface area (Å²) >= 11 is 5.22. The molecule has 0 atom stereocenters. The highest BCUT2D eigenvalue weighted by Crippen LogP contribution is 2.24. The van der Waals surface area contributed by atoms with Gasteiger partial charge in [-0.3, -0.25) is 15.6 Å². The monoisotopic (exact) mass is 344 g/mol. The summed E-state index contributed by atoms with van der Waals surface area (Å²) in [6, 6.07) is 9.84. The average Bonchev–Trinajstić information content (AvgIpc) is 3.23. The summed E-state index contributed by atoms with van der Waals surface area (Å²) in [4.78, 5) is 12.5. The van der Waals surface area contributed by atoms with Crippen molar-refractivity contribution in [2.75, 3.05) is 0 Å². The second-order valence-corrected chi connectivity index (χ2v) is 6.27. The van der Waals surface area contributed by atoms with Gasteiger partial charge in [-0.15, -0.1) is 0 Å². The highest BCUT2D eigenvalue weighted by Gasteiger charge is 2.22. The summed E-state index contributed by atoms with van der Waals surface area (Å²) in [5.74, 6) is 0.131. The maximum absolute atomic E-state index is 12.5. The number of thiocarbonyl (C=S) groups is 1. The minimum Gasteiger partial charge on any atom is -0.360 e. The molecule has 0 radical (unpaired) electrons. The summed E-state index contributed by atoms with van der Waals surface area (Å²) in [5.41, 5.74) is 7.11. The Morgan fingerprint density at radius 3 is 2.62 bits per heavy atom. The van der Waals surface area contributed by atoms with Crippen LogP contribution in [0.25, 0.3) is 11.3 Å². The number of amides is 1. The zero-order valence-corrected chi connectivity index (χ0v) is 14.3. The molecule has 1 aliphatic rings. The van der Waals surface area contributed by atoms with E-state index in [-0.39, 0.29) is 5.91 Å². The van der Waals surface area contributed by atoms with Crippen LogP contribution < -0.4 is 16.2 Å². The molecule has 1 aromatic heterocycles. The molecule has 6 nitrogen and oxygen atoms in total.